The van der Waals surface area contributed by atoms with Gasteiger partial charge in [0.2, 0.25) is 0 Å². The van der Waals surface area contributed by atoms with E-state index in [0.717, 1.165) is 5.54 Å². The Balaban J connectivity index is -0.000000266. The summed E-state index contributed by atoms with van der Waals surface area (Å²) in [5.41, 5.74) is 1.13. The van der Waals surface area contributed by atoms with Gasteiger partial charge >= 0.3 is 0 Å². The molecule has 0 unspecified atom stereocenters. The zero-order valence-corrected chi connectivity index (χ0v) is 9.43. The second kappa shape index (κ2) is 17.6. The predicted molar refractivity (Wildman–Crippen MR) is 60.4 cm³/mol. The topological polar surface area (TPSA) is 29.1 Å². The lowest BCUT2D eigenvalue weighted by molar-refractivity contribution is -0.121. The van der Waals surface area contributed by atoms with Crippen molar-refractivity contribution in [1.82, 2.24) is 5.54 Å². The number of allylic oxidation sites excluding steroid dienone is 2. The quantitative estimate of drug-likeness (QED) is 0.423. The number of carbonyl (C=O) groups excluding carboxylic acids is 1. The van der Waals surface area contributed by atoms with E-state index in [2.05, 4.69) is 13.2 Å². The molecule has 3 heteroatoms. The van der Waals surface area contributed by atoms with Gasteiger partial charge in [0.1, 0.15) is 0 Å². The predicted octanol–water partition coefficient (Wildman–Crippen LogP) is 3.34. The molecule has 14 heavy (non-hydrogen) atoms. The Hall–Kier alpha value is -1.38. The summed E-state index contributed by atoms with van der Waals surface area (Å²) in [5, 5.41) is 0. The van der Waals surface area contributed by atoms with Gasteiger partial charge in [0.05, 0.1) is 0 Å². The molecule has 0 saturated carbocycles. The molecule has 1 N–H and O–H groups in total. The lowest BCUT2D eigenvalue weighted by Crippen LogP contribution is -2.14. The lowest BCUT2D eigenvalue weighted by atomic mass is 10.2. The van der Waals surface area contributed by atoms with E-state index in [9.17, 15) is 9.28 Å². The fourth-order valence-corrected chi connectivity index (χ4v) is 0.418. The molecule has 0 saturated heterocycles. The fraction of sp³-hybridized carbons (Fsp3) is 0.364. The maximum Gasteiger partial charge on any atom is 0.278 e. The van der Waals surface area contributed by atoms with E-state index in [-0.39, 0.29) is 5.57 Å². The summed E-state index contributed by atoms with van der Waals surface area (Å²) in [7, 11) is 0. The molecule has 0 aromatic heterocycles. The standard InChI is InChI=1S/C7H8FNO.2C2H6/c1-3-5-6(4-2)7(10)9-8;2*1-2/h3-5H,1-2H2,(H,9,10);2*1-2H3/b6-5+;;. The van der Waals surface area contributed by atoms with E-state index < -0.39 is 5.91 Å². The van der Waals surface area contributed by atoms with Crippen LogP contribution in [0.15, 0.2) is 37.0 Å². The van der Waals surface area contributed by atoms with E-state index in [0.29, 0.717) is 0 Å². The van der Waals surface area contributed by atoms with E-state index in [1.54, 1.807) is 0 Å². The highest BCUT2D eigenvalue weighted by atomic mass is 19.2. The molecule has 0 aromatic carbocycles. The molecule has 0 aliphatic rings. The van der Waals surface area contributed by atoms with Gasteiger partial charge in [-0.25, -0.2) is 0 Å². The van der Waals surface area contributed by atoms with Crippen LogP contribution in [0.5, 0.6) is 0 Å². The number of carbonyl (C=O) groups is 1. The minimum Gasteiger partial charge on any atom is -0.267 e. The van der Waals surface area contributed by atoms with Crippen LogP contribution in [0.4, 0.5) is 4.48 Å². The molecule has 0 heterocycles. The molecule has 0 aromatic rings. The van der Waals surface area contributed by atoms with Gasteiger partial charge < -0.3 is 0 Å². The smallest absolute Gasteiger partial charge is 0.267 e. The van der Waals surface area contributed by atoms with Crippen molar-refractivity contribution >= 4 is 5.91 Å². The van der Waals surface area contributed by atoms with Crippen molar-refractivity contribution in [3.8, 4) is 0 Å². The number of hydrogen-bond donors (Lipinski definition) is 1. The molecule has 0 atom stereocenters. The Labute approximate surface area is 86.1 Å². The van der Waals surface area contributed by atoms with Gasteiger partial charge in [-0.3, -0.25) is 4.79 Å². The first-order valence-electron chi connectivity index (χ1n) is 4.62. The molecule has 2 nitrogen and oxygen atoms in total. The molecule has 0 aliphatic carbocycles. The molecule has 82 valence electrons. The molecule has 0 bridgehead atoms. The average molecular weight is 201 g/mol. The van der Waals surface area contributed by atoms with E-state index in [4.69, 9.17) is 0 Å². The van der Waals surface area contributed by atoms with Crippen molar-refractivity contribution in [3.63, 3.8) is 0 Å². The first-order valence-corrected chi connectivity index (χ1v) is 4.62. The van der Waals surface area contributed by atoms with Crippen LogP contribution in [0.2, 0.25) is 0 Å². The Morgan fingerprint density at radius 1 is 1.21 bits per heavy atom. The molecular formula is C11H20FNO. The first-order chi connectivity index (χ1) is 6.76. The minimum absolute atomic E-state index is 0.150. The van der Waals surface area contributed by atoms with Crippen LogP contribution in [-0.2, 0) is 4.79 Å². The van der Waals surface area contributed by atoms with Gasteiger partial charge in [0, 0.05) is 5.57 Å². The third-order valence-corrected chi connectivity index (χ3v) is 0.865. The monoisotopic (exact) mass is 201 g/mol. The molecule has 0 aliphatic heterocycles. The fourth-order valence-electron chi connectivity index (χ4n) is 0.418. The summed E-state index contributed by atoms with van der Waals surface area (Å²) in [4.78, 5) is 10.5. The van der Waals surface area contributed by atoms with Crippen molar-refractivity contribution in [3.05, 3.63) is 37.0 Å². The normalized spacial score (nSPS) is 8.21. The molecular weight excluding hydrogens is 181 g/mol. The zero-order chi connectivity index (χ0) is 12.0. The van der Waals surface area contributed by atoms with Crippen LogP contribution in [0, 0.1) is 0 Å². The van der Waals surface area contributed by atoms with Crippen molar-refractivity contribution in [2.75, 3.05) is 0 Å². The summed E-state index contributed by atoms with van der Waals surface area (Å²) in [6, 6.07) is 0. The Kier molecular flexibility index (Phi) is 23.2. The Morgan fingerprint density at radius 2 is 1.64 bits per heavy atom. The van der Waals surface area contributed by atoms with Crippen LogP contribution in [0.25, 0.3) is 0 Å². The third-order valence-electron chi connectivity index (χ3n) is 0.865. The van der Waals surface area contributed by atoms with Gasteiger partial charge in [-0.2, -0.15) is 5.54 Å². The summed E-state index contributed by atoms with van der Waals surface area (Å²) in [6.07, 6.45) is 3.99. The van der Waals surface area contributed by atoms with E-state index >= 15 is 0 Å². The van der Waals surface area contributed by atoms with E-state index in [1.165, 1.54) is 18.2 Å². The lowest BCUT2D eigenvalue weighted by Gasteiger charge is -1.93. The average Bonchev–Trinajstić information content (AvgIpc) is 2.30. The van der Waals surface area contributed by atoms with Crippen LogP contribution < -0.4 is 5.54 Å². The van der Waals surface area contributed by atoms with Gasteiger partial charge in [-0.15, -0.1) is 0 Å². The van der Waals surface area contributed by atoms with Crippen molar-refractivity contribution in [1.29, 1.82) is 0 Å². The largest absolute Gasteiger partial charge is 0.278 e. The number of halogens is 1. The first kappa shape index (κ1) is 18.4. The van der Waals surface area contributed by atoms with Crippen molar-refractivity contribution in [2.24, 2.45) is 0 Å². The number of hydrogen-bond acceptors (Lipinski definition) is 1. The molecule has 1 amide bonds. The number of amides is 1. The molecule has 0 rings (SSSR count). The second-order valence-corrected chi connectivity index (χ2v) is 1.49. The molecule has 0 spiro atoms. The van der Waals surface area contributed by atoms with Crippen LogP contribution in [0.3, 0.4) is 0 Å². The summed E-state index contributed by atoms with van der Waals surface area (Å²) >= 11 is 0. The summed E-state index contributed by atoms with van der Waals surface area (Å²) < 4.78 is 11.4. The van der Waals surface area contributed by atoms with E-state index in [1.807, 2.05) is 27.7 Å². The Bertz CT molecular complexity index is 186. The maximum atomic E-state index is 11.4. The Morgan fingerprint density at radius 3 is 1.86 bits per heavy atom. The highest BCUT2D eigenvalue weighted by molar-refractivity contribution is 5.95. The number of rotatable bonds is 3. The minimum atomic E-state index is -0.810. The van der Waals surface area contributed by atoms with Gasteiger partial charge in [-0.1, -0.05) is 57.5 Å². The van der Waals surface area contributed by atoms with Crippen LogP contribution >= 0.6 is 0 Å². The highest BCUT2D eigenvalue weighted by Crippen LogP contribution is 1.95. The molecule has 0 fully saturated rings. The van der Waals surface area contributed by atoms with Crippen LogP contribution in [0.1, 0.15) is 27.7 Å². The van der Waals surface area contributed by atoms with Crippen molar-refractivity contribution in [2.45, 2.75) is 27.7 Å². The summed E-state index contributed by atoms with van der Waals surface area (Å²) in [5.74, 6) is -0.810. The molecule has 0 radical (unpaired) electrons. The maximum absolute atomic E-state index is 11.4. The zero-order valence-electron chi connectivity index (χ0n) is 9.43. The highest BCUT2D eigenvalue weighted by Gasteiger charge is 2.01. The van der Waals surface area contributed by atoms with Gasteiger partial charge in [0.25, 0.3) is 5.91 Å². The number of nitrogens with one attached hydrogen (secondary N) is 1. The SMILES string of the molecule is C=C/C=C(\C=C)C(=O)NF.CC.CC. The van der Waals surface area contributed by atoms with Gasteiger partial charge in [-0.05, 0) is 6.08 Å². The summed E-state index contributed by atoms with van der Waals surface area (Å²) in [6.45, 7) is 14.6. The van der Waals surface area contributed by atoms with Crippen LogP contribution in [-0.4, -0.2) is 5.91 Å². The van der Waals surface area contributed by atoms with Crippen molar-refractivity contribution < 1.29 is 9.28 Å². The second-order valence-electron chi connectivity index (χ2n) is 1.49. The van der Waals surface area contributed by atoms with Gasteiger partial charge in [0.15, 0.2) is 0 Å². The third kappa shape index (κ3) is 10.6.